The molecule has 0 fully saturated rings. The van der Waals surface area contributed by atoms with Crippen LogP contribution in [0.15, 0.2) is 30.3 Å². The van der Waals surface area contributed by atoms with Crippen LogP contribution in [0.4, 0.5) is 0 Å². The molecule has 1 aromatic carbocycles. The number of hydroxylamine groups is 2. The molecule has 0 aliphatic rings. The molecule has 3 heteroatoms. The Bertz CT molecular complexity index is 264. The summed E-state index contributed by atoms with van der Waals surface area (Å²) in [6, 6.07) is 9.72. The van der Waals surface area contributed by atoms with Gasteiger partial charge in [-0.3, -0.25) is 0 Å². The third kappa shape index (κ3) is 4.93. The van der Waals surface area contributed by atoms with Crippen LogP contribution in [0.25, 0.3) is 0 Å². The van der Waals surface area contributed by atoms with Crippen molar-refractivity contribution in [3.63, 3.8) is 0 Å². The van der Waals surface area contributed by atoms with Crippen molar-refractivity contribution < 1.29 is 10.3 Å². The molecule has 0 bridgehead atoms. The molecule has 1 aromatic rings. The van der Waals surface area contributed by atoms with Crippen molar-refractivity contribution in [1.82, 2.24) is 5.06 Å². The quantitative estimate of drug-likeness (QED) is 0.705. The first-order chi connectivity index (χ1) is 7.22. The van der Waals surface area contributed by atoms with E-state index in [-0.39, 0.29) is 0 Å². The Kier molecular flexibility index (Phi) is 5.32. The van der Waals surface area contributed by atoms with Crippen LogP contribution < -0.4 is 0 Å². The molecule has 2 N–H and O–H groups in total. The zero-order valence-electron chi connectivity index (χ0n) is 9.13. The zero-order chi connectivity index (χ0) is 11.1. The third-order valence-electron chi connectivity index (χ3n) is 2.25. The molecular weight excluding hydrogens is 190 g/mol. The van der Waals surface area contributed by atoms with Gasteiger partial charge in [0.1, 0.15) is 0 Å². The lowest BCUT2D eigenvalue weighted by Gasteiger charge is -2.18. The molecule has 0 amide bonds. The monoisotopic (exact) mass is 209 g/mol. The van der Waals surface area contributed by atoms with Crippen molar-refractivity contribution in [1.29, 1.82) is 0 Å². The lowest BCUT2D eigenvalue weighted by atomic mass is 10.2. The molecule has 0 saturated carbocycles. The summed E-state index contributed by atoms with van der Waals surface area (Å²) in [4.78, 5) is 0. The molecule has 0 radical (unpaired) electrons. The summed E-state index contributed by atoms with van der Waals surface area (Å²) in [6.45, 7) is 2.78. The standard InChI is InChI=1S/C12H19NO2/c1-2-6-12(14)10-13(15)9-11-7-4-3-5-8-11/h3-5,7-8,12,14-15H,2,6,9-10H2,1H3/t12-/m1/s1. The third-order valence-corrected chi connectivity index (χ3v) is 2.25. The highest BCUT2D eigenvalue weighted by Gasteiger charge is 2.08. The Balaban J connectivity index is 2.33. The Labute approximate surface area is 90.9 Å². The molecule has 1 atom stereocenters. The van der Waals surface area contributed by atoms with Gasteiger partial charge in [-0.15, -0.1) is 0 Å². The molecule has 0 aliphatic heterocycles. The first-order valence-electron chi connectivity index (χ1n) is 5.38. The second-order valence-corrected chi connectivity index (χ2v) is 3.78. The highest BCUT2D eigenvalue weighted by molar-refractivity contribution is 5.14. The molecular formula is C12H19NO2. The predicted octanol–water partition coefficient (Wildman–Crippen LogP) is 2.04. The number of hydrogen-bond acceptors (Lipinski definition) is 3. The minimum absolute atomic E-state index is 0.308. The SMILES string of the molecule is CCC[C@@H](O)CN(O)Cc1ccccc1. The number of hydrogen-bond donors (Lipinski definition) is 2. The maximum absolute atomic E-state index is 9.57. The number of aliphatic hydroxyl groups is 1. The predicted molar refractivity (Wildman–Crippen MR) is 59.6 cm³/mol. The van der Waals surface area contributed by atoms with Crippen molar-refractivity contribution in [2.75, 3.05) is 6.54 Å². The van der Waals surface area contributed by atoms with Crippen LogP contribution in [-0.4, -0.2) is 28.0 Å². The van der Waals surface area contributed by atoms with E-state index in [9.17, 15) is 10.3 Å². The highest BCUT2D eigenvalue weighted by atomic mass is 16.5. The number of rotatable bonds is 6. The van der Waals surface area contributed by atoms with Crippen molar-refractivity contribution in [3.05, 3.63) is 35.9 Å². The molecule has 1 rings (SSSR count). The van der Waals surface area contributed by atoms with E-state index in [0.29, 0.717) is 13.1 Å². The molecule has 3 nitrogen and oxygen atoms in total. The van der Waals surface area contributed by atoms with E-state index in [4.69, 9.17) is 0 Å². The Morgan fingerprint density at radius 3 is 2.53 bits per heavy atom. The van der Waals surface area contributed by atoms with Gasteiger partial charge in [0.05, 0.1) is 12.6 Å². The normalized spacial score (nSPS) is 13.1. The molecule has 0 aliphatic carbocycles. The van der Waals surface area contributed by atoms with Gasteiger partial charge >= 0.3 is 0 Å². The minimum Gasteiger partial charge on any atom is -0.392 e. The summed E-state index contributed by atoms with van der Waals surface area (Å²) >= 11 is 0. The molecule has 0 aromatic heterocycles. The van der Waals surface area contributed by atoms with E-state index in [1.165, 1.54) is 0 Å². The molecule has 0 spiro atoms. The molecule has 0 unspecified atom stereocenters. The van der Waals surface area contributed by atoms with Gasteiger partial charge in [-0.05, 0) is 12.0 Å². The smallest absolute Gasteiger partial charge is 0.0690 e. The van der Waals surface area contributed by atoms with Gasteiger partial charge in [0.25, 0.3) is 0 Å². The van der Waals surface area contributed by atoms with E-state index in [0.717, 1.165) is 23.5 Å². The van der Waals surface area contributed by atoms with E-state index < -0.39 is 6.10 Å². The number of nitrogens with zero attached hydrogens (tertiary/aromatic N) is 1. The van der Waals surface area contributed by atoms with Gasteiger partial charge in [-0.1, -0.05) is 43.7 Å². The first-order valence-corrected chi connectivity index (χ1v) is 5.38. The summed E-state index contributed by atoms with van der Waals surface area (Å²) in [6.07, 6.45) is 1.22. The van der Waals surface area contributed by atoms with Gasteiger partial charge in [0, 0.05) is 6.54 Å². The van der Waals surface area contributed by atoms with Gasteiger partial charge in [-0.2, -0.15) is 5.06 Å². The summed E-state index contributed by atoms with van der Waals surface area (Å²) in [5, 5.41) is 20.2. The van der Waals surface area contributed by atoms with E-state index >= 15 is 0 Å². The van der Waals surface area contributed by atoms with Gasteiger partial charge < -0.3 is 10.3 Å². The van der Waals surface area contributed by atoms with Crippen LogP contribution >= 0.6 is 0 Å². The molecule has 84 valence electrons. The summed E-state index contributed by atoms with van der Waals surface area (Å²) in [5.41, 5.74) is 1.05. The largest absolute Gasteiger partial charge is 0.392 e. The molecule has 0 saturated heterocycles. The van der Waals surface area contributed by atoms with Crippen LogP contribution in [0.1, 0.15) is 25.3 Å². The molecule has 0 heterocycles. The number of aliphatic hydroxyl groups excluding tert-OH is 1. The fourth-order valence-electron chi connectivity index (χ4n) is 1.53. The van der Waals surface area contributed by atoms with Crippen molar-refractivity contribution in [3.8, 4) is 0 Å². The average Bonchev–Trinajstić information content (AvgIpc) is 2.19. The lowest BCUT2D eigenvalue weighted by Crippen LogP contribution is -2.29. The summed E-state index contributed by atoms with van der Waals surface area (Å²) in [7, 11) is 0. The van der Waals surface area contributed by atoms with Crippen molar-refractivity contribution in [2.45, 2.75) is 32.4 Å². The summed E-state index contributed by atoms with van der Waals surface area (Å²) < 4.78 is 0. The van der Waals surface area contributed by atoms with Crippen molar-refractivity contribution >= 4 is 0 Å². The fourth-order valence-corrected chi connectivity index (χ4v) is 1.53. The van der Waals surface area contributed by atoms with Crippen LogP contribution in [0, 0.1) is 0 Å². The van der Waals surface area contributed by atoms with Crippen LogP contribution in [0.2, 0.25) is 0 Å². The van der Waals surface area contributed by atoms with Crippen LogP contribution in [-0.2, 0) is 6.54 Å². The second kappa shape index (κ2) is 6.56. The first kappa shape index (κ1) is 12.2. The van der Waals surface area contributed by atoms with Gasteiger partial charge in [0.2, 0.25) is 0 Å². The Hall–Kier alpha value is -0.900. The fraction of sp³-hybridized carbons (Fsp3) is 0.500. The maximum Gasteiger partial charge on any atom is 0.0690 e. The maximum atomic E-state index is 9.57. The molecule has 15 heavy (non-hydrogen) atoms. The average molecular weight is 209 g/mol. The summed E-state index contributed by atoms with van der Waals surface area (Å²) in [5.74, 6) is 0. The minimum atomic E-state index is -0.441. The van der Waals surface area contributed by atoms with E-state index in [1.807, 2.05) is 37.3 Å². The zero-order valence-corrected chi connectivity index (χ0v) is 9.13. The lowest BCUT2D eigenvalue weighted by molar-refractivity contribution is -0.121. The second-order valence-electron chi connectivity index (χ2n) is 3.78. The van der Waals surface area contributed by atoms with Crippen molar-refractivity contribution in [2.24, 2.45) is 0 Å². The van der Waals surface area contributed by atoms with E-state index in [2.05, 4.69) is 0 Å². The van der Waals surface area contributed by atoms with Crippen LogP contribution in [0.5, 0.6) is 0 Å². The van der Waals surface area contributed by atoms with Crippen LogP contribution in [0.3, 0.4) is 0 Å². The van der Waals surface area contributed by atoms with Gasteiger partial charge in [0.15, 0.2) is 0 Å². The van der Waals surface area contributed by atoms with E-state index in [1.54, 1.807) is 0 Å². The topological polar surface area (TPSA) is 43.7 Å². The van der Waals surface area contributed by atoms with Gasteiger partial charge in [-0.25, -0.2) is 0 Å². The Morgan fingerprint density at radius 2 is 1.93 bits per heavy atom. The number of benzene rings is 1. The Morgan fingerprint density at radius 1 is 1.27 bits per heavy atom. The highest BCUT2D eigenvalue weighted by Crippen LogP contribution is 2.04.